The fourth-order valence-corrected chi connectivity index (χ4v) is 3.53. The predicted molar refractivity (Wildman–Crippen MR) is 134 cm³/mol. The van der Waals surface area contributed by atoms with Crippen LogP contribution in [0.2, 0.25) is 0 Å². The second kappa shape index (κ2) is 12.7. The summed E-state index contributed by atoms with van der Waals surface area (Å²) in [5.41, 5.74) is 3.24. The number of hydrogen-bond acceptors (Lipinski definition) is 3. The highest BCUT2D eigenvalue weighted by Crippen LogP contribution is 2.26. The van der Waals surface area contributed by atoms with E-state index < -0.39 is 0 Å². The largest absolute Gasteiger partial charge is 0.513 e. The van der Waals surface area contributed by atoms with Gasteiger partial charge in [0.1, 0.15) is 0 Å². The smallest absolute Gasteiger partial charge is 0.262 e. The van der Waals surface area contributed by atoms with Crippen LogP contribution >= 0.6 is 0 Å². The number of nitrogens with zero attached hydrogens (tertiary/aromatic N) is 1. The van der Waals surface area contributed by atoms with Crippen LogP contribution in [0.15, 0.2) is 84.7 Å². The van der Waals surface area contributed by atoms with Crippen LogP contribution in [0.5, 0.6) is 0 Å². The second-order valence-corrected chi connectivity index (χ2v) is 7.70. The van der Waals surface area contributed by atoms with E-state index >= 15 is 0 Å². The number of aliphatic hydroxyl groups is 1. The lowest BCUT2D eigenvalue weighted by Gasteiger charge is -2.09. The lowest BCUT2D eigenvalue weighted by molar-refractivity contribution is 0.0962. The number of aliphatic hydroxyl groups excluding tert-OH is 1. The van der Waals surface area contributed by atoms with Gasteiger partial charge in [-0.15, -0.1) is 0 Å². The number of aromatic nitrogens is 1. The molecule has 0 bridgehead atoms. The van der Waals surface area contributed by atoms with Crippen molar-refractivity contribution in [3.8, 4) is 0 Å². The molecular formula is C28H35NO3. The number of ether oxygens (including phenoxy) is 1. The van der Waals surface area contributed by atoms with Crippen LogP contribution in [-0.4, -0.2) is 28.3 Å². The van der Waals surface area contributed by atoms with Gasteiger partial charge in [-0.2, -0.15) is 0 Å². The monoisotopic (exact) mass is 433 g/mol. The highest BCUT2D eigenvalue weighted by molar-refractivity contribution is 6.05. The van der Waals surface area contributed by atoms with E-state index in [-0.39, 0.29) is 17.8 Å². The molecular weight excluding hydrogens is 398 g/mol. The first-order valence-corrected chi connectivity index (χ1v) is 11.2. The van der Waals surface area contributed by atoms with Crippen molar-refractivity contribution in [1.82, 2.24) is 4.57 Å². The Morgan fingerprint density at radius 3 is 2.69 bits per heavy atom. The SMILES string of the molecule is C/C=C/CC.C=C(O)Cc1cccc2c1cc(C)n2C(=O)C1=CC=CC(OCCC)C=C1. The first-order valence-electron chi connectivity index (χ1n) is 11.2. The summed E-state index contributed by atoms with van der Waals surface area (Å²) in [4.78, 5) is 13.2. The molecule has 1 aromatic carbocycles. The predicted octanol–water partition coefficient (Wildman–Crippen LogP) is 7.02. The quantitative estimate of drug-likeness (QED) is 0.377. The van der Waals surface area contributed by atoms with Crippen LogP contribution < -0.4 is 0 Å². The molecule has 0 aliphatic heterocycles. The molecule has 0 fully saturated rings. The number of carbonyl (C=O) groups is 1. The number of aryl methyl sites for hydroxylation is 1. The van der Waals surface area contributed by atoms with E-state index in [0.29, 0.717) is 18.6 Å². The molecule has 4 heteroatoms. The molecule has 4 nitrogen and oxygen atoms in total. The summed E-state index contributed by atoms with van der Waals surface area (Å²) in [6.07, 6.45) is 15.9. The molecule has 1 heterocycles. The lowest BCUT2D eigenvalue weighted by Crippen LogP contribution is -2.14. The number of rotatable bonds is 7. The molecule has 0 radical (unpaired) electrons. The summed E-state index contributed by atoms with van der Waals surface area (Å²) in [7, 11) is 0. The molecule has 0 spiro atoms. The average Bonchev–Trinajstić information content (AvgIpc) is 2.94. The maximum atomic E-state index is 13.2. The molecule has 1 N–H and O–H groups in total. The van der Waals surface area contributed by atoms with E-state index in [4.69, 9.17) is 4.74 Å². The van der Waals surface area contributed by atoms with Crippen LogP contribution in [0.3, 0.4) is 0 Å². The van der Waals surface area contributed by atoms with Gasteiger partial charge < -0.3 is 9.84 Å². The Morgan fingerprint density at radius 1 is 1.28 bits per heavy atom. The molecule has 2 aromatic rings. The zero-order valence-electron chi connectivity index (χ0n) is 19.7. The summed E-state index contributed by atoms with van der Waals surface area (Å²) >= 11 is 0. The van der Waals surface area contributed by atoms with Gasteiger partial charge in [-0.25, -0.2) is 0 Å². The Labute approximate surface area is 191 Å². The zero-order chi connectivity index (χ0) is 23.5. The van der Waals surface area contributed by atoms with Gasteiger partial charge >= 0.3 is 0 Å². The molecule has 0 amide bonds. The van der Waals surface area contributed by atoms with E-state index in [1.54, 1.807) is 4.57 Å². The van der Waals surface area contributed by atoms with E-state index in [1.807, 2.05) is 68.5 Å². The minimum Gasteiger partial charge on any atom is -0.513 e. The van der Waals surface area contributed by atoms with Crippen molar-refractivity contribution in [3.63, 3.8) is 0 Å². The second-order valence-electron chi connectivity index (χ2n) is 7.70. The van der Waals surface area contributed by atoms with Crippen molar-refractivity contribution in [2.75, 3.05) is 6.61 Å². The summed E-state index contributed by atoms with van der Waals surface area (Å²) in [5, 5.41) is 10.5. The lowest BCUT2D eigenvalue weighted by atomic mass is 10.1. The average molecular weight is 434 g/mol. The van der Waals surface area contributed by atoms with Gasteiger partial charge in [0.05, 0.1) is 17.4 Å². The van der Waals surface area contributed by atoms with Gasteiger partial charge in [-0.05, 0) is 50.5 Å². The van der Waals surface area contributed by atoms with E-state index in [9.17, 15) is 9.90 Å². The molecule has 1 atom stereocenters. The molecule has 1 unspecified atom stereocenters. The molecule has 0 saturated heterocycles. The van der Waals surface area contributed by atoms with Crippen molar-refractivity contribution in [2.24, 2.45) is 0 Å². The van der Waals surface area contributed by atoms with Crippen molar-refractivity contribution in [2.45, 2.75) is 53.1 Å². The molecule has 1 aliphatic carbocycles. The Balaban J connectivity index is 0.000000654. The van der Waals surface area contributed by atoms with Crippen molar-refractivity contribution < 1.29 is 14.6 Å². The van der Waals surface area contributed by atoms with E-state index in [1.165, 1.54) is 0 Å². The van der Waals surface area contributed by atoms with Gasteiger partial charge in [0.25, 0.3) is 5.91 Å². The van der Waals surface area contributed by atoms with Gasteiger partial charge in [0.15, 0.2) is 0 Å². The van der Waals surface area contributed by atoms with Crippen LogP contribution in [0, 0.1) is 6.92 Å². The third kappa shape index (κ3) is 6.69. The standard InChI is InChI=1S/C23H25NO3.C5H10/c1-4-13-27-20-9-5-7-18(11-12-20)23(26)24-16(2)14-21-19(15-17(3)25)8-6-10-22(21)24;1-3-5-4-2/h5-12,14,20,25H,3-4,13,15H2,1-2H3;3,5H,4H2,1-2H3/b;5-3+. The molecule has 170 valence electrons. The molecule has 32 heavy (non-hydrogen) atoms. The number of benzene rings is 1. The number of carbonyl (C=O) groups excluding carboxylic acids is 1. The fourth-order valence-electron chi connectivity index (χ4n) is 3.53. The number of hydrogen-bond donors (Lipinski definition) is 1. The Morgan fingerprint density at radius 2 is 2.06 bits per heavy atom. The van der Waals surface area contributed by atoms with Crippen molar-refractivity contribution in [1.29, 1.82) is 0 Å². The zero-order valence-corrected chi connectivity index (χ0v) is 19.7. The Bertz CT molecular complexity index is 1050. The molecule has 3 rings (SSSR count). The van der Waals surface area contributed by atoms with Crippen molar-refractivity contribution >= 4 is 16.8 Å². The Hall–Kier alpha value is -3.11. The minimum absolute atomic E-state index is 0.0838. The molecule has 1 aliphatic rings. The first-order chi connectivity index (χ1) is 15.4. The van der Waals surface area contributed by atoms with E-state index in [2.05, 4.69) is 32.6 Å². The maximum absolute atomic E-state index is 13.2. The summed E-state index contributed by atoms with van der Waals surface area (Å²) in [5.74, 6) is 0.0245. The van der Waals surface area contributed by atoms with Crippen LogP contribution in [-0.2, 0) is 11.2 Å². The van der Waals surface area contributed by atoms with Crippen molar-refractivity contribution in [3.05, 3.63) is 96.0 Å². The molecule has 1 aromatic heterocycles. The fraction of sp³-hybridized carbons (Fsp3) is 0.321. The topological polar surface area (TPSA) is 51.5 Å². The third-order valence-corrected chi connectivity index (χ3v) is 4.99. The highest BCUT2D eigenvalue weighted by Gasteiger charge is 2.18. The molecule has 0 saturated carbocycles. The normalized spacial score (nSPS) is 15.4. The van der Waals surface area contributed by atoms with Crippen LogP contribution in [0.4, 0.5) is 0 Å². The summed E-state index contributed by atoms with van der Waals surface area (Å²) < 4.78 is 7.44. The Kier molecular flexibility index (Phi) is 9.96. The van der Waals surface area contributed by atoms with Gasteiger partial charge in [-0.1, -0.05) is 69.0 Å². The minimum atomic E-state index is -0.115. The van der Waals surface area contributed by atoms with Gasteiger partial charge in [-0.3, -0.25) is 9.36 Å². The summed E-state index contributed by atoms with van der Waals surface area (Å²) in [6.45, 7) is 12.4. The van der Waals surface area contributed by atoms with E-state index in [0.717, 1.165) is 35.0 Å². The highest BCUT2D eigenvalue weighted by atomic mass is 16.5. The maximum Gasteiger partial charge on any atom is 0.262 e. The van der Waals surface area contributed by atoms with Crippen LogP contribution in [0.25, 0.3) is 10.9 Å². The number of fused-ring (bicyclic) bond motifs is 1. The van der Waals surface area contributed by atoms with Gasteiger partial charge in [0, 0.05) is 29.7 Å². The summed E-state index contributed by atoms with van der Waals surface area (Å²) in [6, 6.07) is 7.75. The van der Waals surface area contributed by atoms with Crippen LogP contribution in [0.1, 0.15) is 49.7 Å². The number of allylic oxidation sites excluding steroid dienone is 7. The first kappa shape index (κ1) is 25.2. The third-order valence-electron chi connectivity index (χ3n) is 4.99. The van der Waals surface area contributed by atoms with Gasteiger partial charge in [0.2, 0.25) is 0 Å².